The predicted molar refractivity (Wildman–Crippen MR) is 286 cm³/mol. The van der Waals surface area contributed by atoms with Gasteiger partial charge < -0.3 is 96.8 Å². The van der Waals surface area contributed by atoms with Crippen LogP contribution in [0.4, 0.5) is 0 Å². The Labute approximate surface area is 595 Å². The smallest absolute Gasteiger partial charge is 0.726 e. The van der Waals surface area contributed by atoms with Crippen molar-refractivity contribution in [3.8, 4) is 0 Å². The van der Waals surface area contributed by atoms with E-state index in [0.717, 1.165) is 19.1 Å². The first-order valence-electron chi connectivity index (χ1n) is 29.2. The molecular formula is C54H81Na3O31S3. The van der Waals surface area contributed by atoms with E-state index in [9.17, 15) is 84.2 Å². The summed E-state index contributed by atoms with van der Waals surface area (Å²) in [5.41, 5.74) is -1.72. The molecule has 0 amide bonds. The normalized spacial score (nSPS) is 45.5. The van der Waals surface area contributed by atoms with Crippen molar-refractivity contribution in [1.29, 1.82) is 0 Å². The van der Waals surface area contributed by atoms with Gasteiger partial charge in [0.25, 0.3) is 0 Å². The molecule has 9 aliphatic rings. The minimum absolute atomic E-state index is 0. The van der Waals surface area contributed by atoms with E-state index in [1.165, 1.54) is 12.5 Å². The molecule has 5 aliphatic heterocycles. The van der Waals surface area contributed by atoms with Crippen LogP contribution < -0.4 is 88.7 Å². The summed E-state index contributed by atoms with van der Waals surface area (Å²) in [6.45, 7) is 14.2. The van der Waals surface area contributed by atoms with E-state index in [0.29, 0.717) is 44.9 Å². The number of aliphatic hydroxyl groups is 7. The maximum Gasteiger partial charge on any atom is 1.00 e. The van der Waals surface area contributed by atoms with Crippen molar-refractivity contribution in [3.05, 3.63) is 23.8 Å². The number of hydrogen-bond acceptors (Lipinski definition) is 31. The van der Waals surface area contributed by atoms with Gasteiger partial charge in [0.05, 0.1) is 43.4 Å². The minimum atomic E-state index is -5.51. The maximum atomic E-state index is 14.4. The van der Waals surface area contributed by atoms with Crippen molar-refractivity contribution in [2.45, 2.75) is 235 Å². The molecule has 5 saturated heterocycles. The number of aliphatic hydroxyl groups excluding tert-OH is 7. The third kappa shape index (κ3) is 15.9. The van der Waals surface area contributed by atoms with Gasteiger partial charge in [0.1, 0.15) is 96.8 Å². The first-order valence-corrected chi connectivity index (χ1v) is 33.2. The van der Waals surface area contributed by atoms with E-state index >= 15 is 0 Å². The third-order valence-electron chi connectivity index (χ3n) is 20.5. The number of cyclic esters (lactones) is 1. The molecular weight excluding hydrogens is 1310 g/mol. The van der Waals surface area contributed by atoms with Crippen LogP contribution in [0.15, 0.2) is 23.8 Å². The van der Waals surface area contributed by atoms with Crippen molar-refractivity contribution < 1.29 is 233 Å². The second kappa shape index (κ2) is 30.0. The van der Waals surface area contributed by atoms with Crippen molar-refractivity contribution in [2.24, 2.45) is 39.4 Å². The SMILES string of the molecule is C=C(C)CCC[C@]1(C)OC(=O)[C@]23CC=C4[C@@H](CC[C@H]5C(C)(C)[C@@H](O[C@@H]6OC[C@@H](OS(=O)(=O)[O-])[C@H](O)[C@H]6O[C@@H]6O[C@H](C)[C@@H](O[C@@H]7O[C@H](COS(=O)(=O)[O-])[C@@H](O)[C@H](O[C@@H]8O[C@H](COS(=O)(=O)[O-])[C@@H](O)[C@H](OC)[C@H]8O)[C@H]7O)[C@H](O)[C@H]6O)CC[C@]45C)[C@]2(C)CC(=O)[C@@H]31.[Na+].[Na+].[Na+]. The number of ketones is 1. The van der Waals surface area contributed by atoms with E-state index in [-0.39, 0.29) is 119 Å². The summed E-state index contributed by atoms with van der Waals surface area (Å²) in [7, 11) is -15.4. The van der Waals surface area contributed by atoms with E-state index in [1.807, 2.05) is 27.7 Å². The van der Waals surface area contributed by atoms with Crippen LogP contribution in [0.3, 0.4) is 0 Å². The zero-order valence-corrected chi connectivity index (χ0v) is 61.2. The summed E-state index contributed by atoms with van der Waals surface area (Å²) in [6, 6.07) is 0. The molecule has 0 unspecified atom stereocenters. The Morgan fingerprint density at radius 3 is 1.79 bits per heavy atom. The van der Waals surface area contributed by atoms with Gasteiger partial charge in [-0.1, -0.05) is 44.9 Å². The van der Waals surface area contributed by atoms with Crippen LogP contribution in [-0.2, 0) is 101 Å². The van der Waals surface area contributed by atoms with Crippen molar-refractivity contribution in [3.63, 3.8) is 0 Å². The molecule has 31 nitrogen and oxygen atoms in total. The first-order chi connectivity index (χ1) is 40.7. The van der Waals surface area contributed by atoms with Crippen molar-refractivity contribution in [2.75, 3.05) is 26.9 Å². The second-order valence-electron chi connectivity index (χ2n) is 26.3. The fourth-order valence-corrected chi connectivity index (χ4v) is 17.4. The molecule has 504 valence electrons. The molecule has 5 heterocycles. The Kier molecular flexibility index (Phi) is 26.6. The summed E-state index contributed by atoms with van der Waals surface area (Å²) in [4.78, 5) is 28.7. The minimum Gasteiger partial charge on any atom is -0.726 e. The largest absolute Gasteiger partial charge is 1.00 e. The van der Waals surface area contributed by atoms with Crippen LogP contribution in [0.1, 0.15) is 106 Å². The monoisotopic (exact) mass is 1390 g/mol. The van der Waals surface area contributed by atoms with Crippen LogP contribution in [-0.4, -0.2) is 242 Å². The number of ether oxygens (including phenoxy) is 10. The predicted octanol–water partition coefficient (Wildman–Crippen LogP) is -10.7. The van der Waals surface area contributed by atoms with Gasteiger partial charge in [-0.25, -0.2) is 25.3 Å². The molecule has 0 radical (unpaired) electrons. The Bertz CT molecular complexity index is 2990. The summed E-state index contributed by atoms with van der Waals surface area (Å²) in [5.74, 6) is -1.12. The van der Waals surface area contributed by atoms with Crippen molar-refractivity contribution >= 4 is 42.9 Å². The molecule has 27 atom stereocenters. The molecule has 91 heavy (non-hydrogen) atoms. The van der Waals surface area contributed by atoms with Crippen LogP contribution >= 0.6 is 0 Å². The molecule has 37 heteroatoms. The summed E-state index contributed by atoms with van der Waals surface area (Å²) in [6.07, 6.45) is -31.1. The van der Waals surface area contributed by atoms with Gasteiger partial charge in [-0.05, 0) is 100 Å². The Morgan fingerprint density at radius 1 is 0.681 bits per heavy atom. The second-order valence-corrected chi connectivity index (χ2v) is 29.4. The number of carbonyl (C=O) groups excluding carboxylic acids is 2. The molecule has 0 aromatic carbocycles. The van der Waals surface area contributed by atoms with E-state index in [2.05, 4.69) is 39.1 Å². The molecule has 1 spiro atoms. The summed E-state index contributed by atoms with van der Waals surface area (Å²) >= 11 is 0. The summed E-state index contributed by atoms with van der Waals surface area (Å²) in [5, 5.41) is 80.0. The number of allylic oxidation sites excluding steroid dienone is 3. The zero-order valence-electron chi connectivity index (χ0n) is 52.7. The van der Waals surface area contributed by atoms with Crippen LogP contribution in [0, 0.1) is 39.4 Å². The number of hydrogen-bond donors (Lipinski definition) is 7. The van der Waals surface area contributed by atoms with Crippen LogP contribution in [0.5, 0.6) is 0 Å². The third-order valence-corrected chi connectivity index (χ3v) is 21.8. The molecule has 0 bridgehead atoms. The van der Waals surface area contributed by atoms with Gasteiger partial charge in [-0.2, -0.15) is 0 Å². The molecule has 8 fully saturated rings. The molecule has 9 rings (SSSR count). The molecule has 3 saturated carbocycles. The Balaban J connectivity index is 0.00000439. The number of Topliss-reactive ketones (excluding diaryl/α,β-unsaturated/α-hetero) is 1. The molecule has 0 aromatic rings. The average molecular weight is 1390 g/mol. The maximum absolute atomic E-state index is 14.4. The standard InChI is InChI=1S/C54H84O31S3.3Na/c1-23(2)11-10-16-53(8)44-27(55)19-52(7)26-12-13-31-50(4,5)32(15-17-51(31,6)25(26)14-18-54(44,52)49(63)84-53)80-48-43(35(58)30(20-74-48)85-88(70,71)72)83-45-37(60)36(59)40(24(3)77-45)81-47-39(62)42(34(57)29(79-47)22-76-87(67,68)69)82-46-38(61)41(73-9)33(56)28(78-46)21-75-86(64,65)66;;;/h14,24,26,28-48,56-62H,1,10-13,15-22H2,2-9H3,(H,64,65,66)(H,67,68,69)(H,70,71,72);;;/q;3*+1/p-3/t24-,26-,28-,29-,30-,31+,32+,33-,34-,35+,36-,37-,38-,39-,40-,41+,42+,43-,44-,45+,46+,47+,48+,51-,52+,53+,54-;;;/m1.../s1. The number of methoxy groups -OCH3 is 1. The van der Waals surface area contributed by atoms with Gasteiger partial charge in [0.15, 0.2) is 25.2 Å². The Morgan fingerprint density at radius 2 is 1.23 bits per heavy atom. The number of esters is 1. The number of carbonyl (C=O) groups is 2. The van der Waals surface area contributed by atoms with Crippen LogP contribution in [0.25, 0.3) is 0 Å². The average Bonchev–Trinajstić information content (AvgIpc) is 1.55. The van der Waals surface area contributed by atoms with Gasteiger partial charge in [-0.15, -0.1) is 6.58 Å². The van der Waals surface area contributed by atoms with E-state index in [4.69, 9.17) is 47.4 Å². The van der Waals surface area contributed by atoms with Gasteiger partial charge in [0.2, 0.25) is 31.2 Å². The van der Waals surface area contributed by atoms with Gasteiger partial charge in [0, 0.05) is 13.5 Å². The fourth-order valence-electron chi connectivity index (χ4n) is 16.3. The van der Waals surface area contributed by atoms with Crippen LogP contribution in [0.2, 0.25) is 0 Å². The van der Waals surface area contributed by atoms with Gasteiger partial charge >= 0.3 is 94.6 Å². The van der Waals surface area contributed by atoms with E-state index < -0.39 is 207 Å². The Hall–Kier alpha value is 0.590. The number of rotatable bonds is 21. The van der Waals surface area contributed by atoms with E-state index in [1.54, 1.807) is 0 Å². The molecule has 7 N–H and O–H groups in total. The topological polar surface area (TPSA) is 467 Å². The quantitative estimate of drug-likeness (QED) is 0.0140. The van der Waals surface area contributed by atoms with Gasteiger partial charge in [-0.3, -0.25) is 22.1 Å². The molecule has 0 aromatic heterocycles. The zero-order chi connectivity index (χ0) is 65.0. The summed E-state index contributed by atoms with van der Waals surface area (Å²) < 4.78 is 176. The number of fused-ring (bicyclic) bond motifs is 4. The molecule has 4 aliphatic carbocycles. The fraction of sp³-hybridized carbons (Fsp3) is 0.889. The first kappa shape index (κ1) is 80.6. The van der Waals surface area contributed by atoms with Crippen molar-refractivity contribution in [1.82, 2.24) is 0 Å².